The van der Waals surface area contributed by atoms with Crippen molar-refractivity contribution in [2.45, 2.75) is 39.8 Å². The van der Waals surface area contributed by atoms with Gasteiger partial charge in [0, 0.05) is 30.2 Å². The molecule has 0 saturated heterocycles. The van der Waals surface area contributed by atoms with Gasteiger partial charge in [-0.05, 0) is 45.9 Å². The van der Waals surface area contributed by atoms with Crippen molar-refractivity contribution in [2.24, 2.45) is 0 Å². The second-order valence-electron chi connectivity index (χ2n) is 5.15. The second-order valence-corrected chi connectivity index (χ2v) is 5.59. The third-order valence-corrected chi connectivity index (χ3v) is 3.35. The normalized spacial score (nSPS) is 11.1. The average Bonchev–Trinajstić information content (AvgIpc) is 2.34. The Bertz CT molecular complexity index is 441. The molecule has 0 aliphatic carbocycles. The Morgan fingerprint density at radius 2 is 1.89 bits per heavy atom. The minimum absolute atomic E-state index is 0.516. The van der Waals surface area contributed by atoms with E-state index in [-0.39, 0.29) is 0 Å². The number of benzene rings is 1. The standard InChI is InChI=1S/C15H22ClN3/c1-11(2)19(12(3)4)8-7-18-15-6-5-14(16)9-13(15)10-17/h5-6,9,11-12,18H,7-8H2,1-4H3. The summed E-state index contributed by atoms with van der Waals surface area (Å²) in [5.41, 5.74) is 1.44. The molecule has 0 unspecified atom stereocenters. The molecule has 0 atom stereocenters. The summed E-state index contributed by atoms with van der Waals surface area (Å²) in [5.74, 6) is 0. The molecule has 104 valence electrons. The van der Waals surface area contributed by atoms with Gasteiger partial charge in [-0.15, -0.1) is 0 Å². The third kappa shape index (κ3) is 4.74. The Kier molecular flexibility index (Phi) is 6.14. The molecule has 19 heavy (non-hydrogen) atoms. The number of nitrogens with one attached hydrogen (secondary N) is 1. The first-order chi connectivity index (χ1) is 8.95. The van der Waals surface area contributed by atoms with Crippen LogP contribution in [0.25, 0.3) is 0 Å². The summed E-state index contributed by atoms with van der Waals surface area (Å²) in [7, 11) is 0. The maximum atomic E-state index is 9.07. The third-order valence-electron chi connectivity index (χ3n) is 3.11. The monoisotopic (exact) mass is 279 g/mol. The summed E-state index contributed by atoms with van der Waals surface area (Å²) in [6, 6.07) is 8.53. The number of halogens is 1. The van der Waals surface area contributed by atoms with E-state index in [1.165, 1.54) is 0 Å². The van der Waals surface area contributed by atoms with Crippen LogP contribution in [-0.4, -0.2) is 30.1 Å². The highest BCUT2D eigenvalue weighted by molar-refractivity contribution is 6.30. The molecule has 0 radical (unpaired) electrons. The smallest absolute Gasteiger partial charge is 0.101 e. The molecule has 0 aliphatic rings. The largest absolute Gasteiger partial charge is 0.383 e. The Hall–Kier alpha value is -1.24. The fourth-order valence-corrected chi connectivity index (χ4v) is 2.37. The van der Waals surface area contributed by atoms with Gasteiger partial charge >= 0.3 is 0 Å². The van der Waals surface area contributed by atoms with E-state index >= 15 is 0 Å². The minimum atomic E-state index is 0.516. The first-order valence-corrected chi connectivity index (χ1v) is 7.02. The molecule has 0 amide bonds. The van der Waals surface area contributed by atoms with Crippen LogP contribution >= 0.6 is 11.6 Å². The lowest BCUT2D eigenvalue weighted by atomic mass is 10.2. The predicted octanol–water partition coefficient (Wildman–Crippen LogP) is 3.74. The average molecular weight is 280 g/mol. The zero-order valence-corrected chi connectivity index (χ0v) is 12.8. The zero-order chi connectivity index (χ0) is 14.4. The highest BCUT2D eigenvalue weighted by atomic mass is 35.5. The summed E-state index contributed by atoms with van der Waals surface area (Å²) in [5, 5.41) is 13.0. The SMILES string of the molecule is CC(C)N(CCNc1ccc(Cl)cc1C#N)C(C)C. The Balaban J connectivity index is 2.60. The van der Waals surface area contributed by atoms with Gasteiger partial charge in [-0.3, -0.25) is 4.90 Å². The molecule has 0 aliphatic heterocycles. The molecule has 3 nitrogen and oxygen atoms in total. The van der Waals surface area contributed by atoms with Crippen molar-refractivity contribution in [1.82, 2.24) is 4.90 Å². The van der Waals surface area contributed by atoms with Gasteiger partial charge in [0.05, 0.1) is 11.3 Å². The summed E-state index contributed by atoms with van der Waals surface area (Å²) in [6.45, 7) is 10.5. The van der Waals surface area contributed by atoms with E-state index in [1.807, 2.05) is 6.07 Å². The van der Waals surface area contributed by atoms with E-state index in [1.54, 1.807) is 12.1 Å². The maximum absolute atomic E-state index is 9.07. The molecule has 0 fully saturated rings. The van der Waals surface area contributed by atoms with Crippen molar-refractivity contribution < 1.29 is 0 Å². The van der Waals surface area contributed by atoms with Gasteiger partial charge in [0.25, 0.3) is 0 Å². The zero-order valence-electron chi connectivity index (χ0n) is 12.1. The van der Waals surface area contributed by atoms with Crippen LogP contribution in [0.2, 0.25) is 5.02 Å². The molecule has 0 bridgehead atoms. The van der Waals surface area contributed by atoms with Crippen LogP contribution < -0.4 is 5.32 Å². The molecule has 4 heteroatoms. The fourth-order valence-electron chi connectivity index (χ4n) is 2.20. The molecule has 0 saturated carbocycles. The van der Waals surface area contributed by atoms with Crippen LogP contribution in [0.1, 0.15) is 33.3 Å². The maximum Gasteiger partial charge on any atom is 0.101 e. The summed E-state index contributed by atoms with van der Waals surface area (Å²) in [6.07, 6.45) is 0. The molecule has 1 rings (SSSR count). The molecule has 0 aromatic heterocycles. The molecule has 0 spiro atoms. The Morgan fingerprint density at radius 1 is 1.26 bits per heavy atom. The minimum Gasteiger partial charge on any atom is -0.383 e. The van der Waals surface area contributed by atoms with Crippen LogP contribution in [0.15, 0.2) is 18.2 Å². The molecule has 1 aromatic carbocycles. The van der Waals surface area contributed by atoms with Crippen LogP contribution in [0.3, 0.4) is 0 Å². The number of rotatable bonds is 6. The van der Waals surface area contributed by atoms with E-state index in [4.69, 9.17) is 16.9 Å². The number of nitriles is 1. The van der Waals surface area contributed by atoms with Crippen molar-refractivity contribution in [2.75, 3.05) is 18.4 Å². The van der Waals surface area contributed by atoms with Gasteiger partial charge in [0.2, 0.25) is 0 Å². The van der Waals surface area contributed by atoms with Crippen molar-refractivity contribution in [3.63, 3.8) is 0 Å². The van der Waals surface area contributed by atoms with Crippen molar-refractivity contribution in [3.8, 4) is 6.07 Å². The Morgan fingerprint density at radius 3 is 2.42 bits per heavy atom. The molecule has 0 heterocycles. The lowest BCUT2D eigenvalue weighted by Crippen LogP contribution is -2.40. The van der Waals surface area contributed by atoms with Gasteiger partial charge in [-0.25, -0.2) is 0 Å². The van der Waals surface area contributed by atoms with Gasteiger partial charge in [0.15, 0.2) is 0 Å². The van der Waals surface area contributed by atoms with Crippen LogP contribution in [0, 0.1) is 11.3 Å². The molecular formula is C15H22ClN3. The first-order valence-electron chi connectivity index (χ1n) is 6.65. The Labute approximate surface area is 121 Å². The van der Waals surface area contributed by atoms with E-state index in [9.17, 15) is 0 Å². The fraction of sp³-hybridized carbons (Fsp3) is 0.533. The van der Waals surface area contributed by atoms with Crippen molar-refractivity contribution >= 4 is 17.3 Å². The van der Waals surface area contributed by atoms with Crippen LogP contribution in [0.4, 0.5) is 5.69 Å². The predicted molar refractivity (Wildman–Crippen MR) is 81.6 cm³/mol. The van der Waals surface area contributed by atoms with E-state index < -0.39 is 0 Å². The number of hydrogen-bond donors (Lipinski definition) is 1. The topological polar surface area (TPSA) is 39.1 Å². The van der Waals surface area contributed by atoms with Crippen LogP contribution in [-0.2, 0) is 0 Å². The number of nitrogens with zero attached hydrogens (tertiary/aromatic N) is 2. The molecule has 1 N–H and O–H groups in total. The van der Waals surface area contributed by atoms with E-state index in [0.717, 1.165) is 18.8 Å². The van der Waals surface area contributed by atoms with E-state index in [0.29, 0.717) is 22.7 Å². The molecule has 1 aromatic rings. The highest BCUT2D eigenvalue weighted by Crippen LogP contribution is 2.19. The van der Waals surface area contributed by atoms with Crippen molar-refractivity contribution in [3.05, 3.63) is 28.8 Å². The summed E-state index contributed by atoms with van der Waals surface area (Å²) >= 11 is 5.88. The number of anilines is 1. The lowest BCUT2D eigenvalue weighted by Gasteiger charge is -2.30. The quantitative estimate of drug-likeness (QED) is 0.862. The highest BCUT2D eigenvalue weighted by Gasteiger charge is 2.12. The summed E-state index contributed by atoms with van der Waals surface area (Å²) in [4.78, 5) is 2.41. The van der Waals surface area contributed by atoms with Gasteiger partial charge in [-0.2, -0.15) is 5.26 Å². The van der Waals surface area contributed by atoms with E-state index in [2.05, 4.69) is 44.0 Å². The lowest BCUT2D eigenvalue weighted by molar-refractivity contribution is 0.182. The molecular weight excluding hydrogens is 258 g/mol. The van der Waals surface area contributed by atoms with Gasteiger partial charge in [-0.1, -0.05) is 11.6 Å². The summed E-state index contributed by atoms with van der Waals surface area (Å²) < 4.78 is 0. The van der Waals surface area contributed by atoms with Crippen molar-refractivity contribution in [1.29, 1.82) is 5.26 Å². The van der Waals surface area contributed by atoms with Gasteiger partial charge in [0.1, 0.15) is 6.07 Å². The second kappa shape index (κ2) is 7.37. The van der Waals surface area contributed by atoms with Gasteiger partial charge < -0.3 is 5.32 Å². The van der Waals surface area contributed by atoms with Crippen LogP contribution in [0.5, 0.6) is 0 Å². The number of hydrogen-bond acceptors (Lipinski definition) is 3. The first kappa shape index (κ1) is 15.8.